The molecule has 1 aliphatic rings. The molecule has 1 aliphatic heterocycles. The average Bonchev–Trinajstić information content (AvgIpc) is 2.77. The fourth-order valence-electron chi connectivity index (χ4n) is 3.00. The highest BCUT2D eigenvalue weighted by Crippen LogP contribution is 2.34. The van der Waals surface area contributed by atoms with Crippen LogP contribution >= 0.6 is 10.7 Å². The molecule has 1 aromatic heterocycles. The summed E-state index contributed by atoms with van der Waals surface area (Å²) in [6, 6.07) is 7.58. The number of aryl methyl sites for hydroxylation is 1. The van der Waals surface area contributed by atoms with E-state index in [2.05, 4.69) is 4.98 Å². The predicted molar refractivity (Wildman–Crippen MR) is 86.6 cm³/mol. The zero-order valence-corrected chi connectivity index (χ0v) is 13.6. The largest absolute Gasteiger partial charge is 0.311 e. The molecule has 5 nitrogen and oxygen atoms in total. The quantitative estimate of drug-likeness (QED) is 0.806. The van der Waals surface area contributed by atoms with Crippen molar-refractivity contribution in [3.05, 3.63) is 36.0 Å². The van der Waals surface area contributed by atoms with E-state index >= 15 is 0 Å². The Morgan fingerprint density at radius 3 is 2.86 bits per heavy atom. The van der Waals surface area contributed by atoms with Gasteiger partial charge in [-0.05, 0) is 30.7 Å². The van der Waals surface area contributed by atoms with Crippen LogP contribution in [0.3, 0.4) is 0 Å². The molecule has 0 aliphatic carbocycles. The molecule has 0 saturated carbocycles. The molecule has 22 heavy (non-hydrogen) atoms. The van der Waals surface area contributed by atoms with Crippen molar-refractivity contribution in [3.63, 3.8) is 0 Å². The first-order chi connectivity index (χ1) is 10.3. The Kier molecular flexibility index (Phi) is 3.82. The van der Waals surface area contributed by atoms with E-state index in [1.54, 1.807) is 11.1 Å². The topological polar surface area (TPSA) is 67.3 Å². The van der Waals surface area contributed by atoms with Crippen molar-refractivity contribution in [1.29, 1.82) is 0 Å². The molecule has 116 valence electrons. The lowest BCUT2D eigenvalue weighted by Gasteiger charge is -2.21. The lowest BCUT2D eigenvalue weighted by molar-refractivity contribution is -0.117. The monoisotopic (exact) mass is 338 g/mol. The summed E-state index contributed by atoms with van der Waals surface area (Å²) in [5.74, 6) is -0.537. The number of anilines is 1. The first-order valence-electron chi connectivity index (χ1n) is 6.92. The number of hydrogen-bond acceptors (Lipinski definition) is 4. The Morgan fingerprint density at radius 1 is 1.36 bits per heavy atom. The number of nitrogens with zero attached hydrogens (tertiary/aromatic N) is 2. The van der Waals surface area contributed by atoms with Crippen LogP contribution < -0.4 is 4.90 Å². The number of benzene rings is 1. The van der Waals surface area contributed by atoms with Gasteiger partial charge in [-0.1, -0.05) is 6.07 Å². The summed E-state index contributed by atoms with van der Waals surface area (Å²) in [4.78, 5) is 18.3. The van der Waals surface area contributed by atoms with Crippen LogP contribution in [0, 0.1) is 12.8 Å². The normalized spacial score (nSPS) is 19.1. The minimum atomic E-state index is -3.61. The third kappa shape index (κ3) is 2.94. The van der Waals surface area contributed by atoms with Gasteiger partial charge in [-0.25, -0.2) is 8.42 Å². The number of halogens is 1. The zero-order valence-electron chi connectivity index (χ0n) is 12.0. The molecular formula is C15H15ClN2O3S. The van der Waals surface area contributed by atoms with E-state index in [0.717, 1.165) is 22.2 Å². The van der Waals surface area contributed by atoms with Gasteiger partial charge in [-0.2, -0.15) is 0 Å². The van der Waals surface area contributed by atoms with E-state index in [4.69, 9.17) is 10.7 Å². The molecule has 0 bridgehead atoms. The molecule has 0 N–H and O–H groups in total. The predicted octanol–water partition coefficient (Wildman–Crippen LogP) is 2.46. The van der Waals surface area contributed by atoms with Crippen molar-refractivity contribution in [2.24, 2.45) is 5.92 Å². The molecule has 1 unspecified atom stereocenters. The number of carbonyl (C=O) groups excluding carboxylic acids is 1. The second-order valence-corrected chi connectivity index (χ2v) is 8.40. The molecule has 2 aromatic rings. The Morgan fingerprint density at radius 2 is 2.14 bits per heavy atom. The van der Waals surface area contributed by atoms with Crippen molar-refractivity contribution >= 4 is 42.2 Å². The van der Waals surface area contributed by atoms with E-state index < -0.39 is 9.05 Å². The van der Waals surface area contributed by atoms with Crippen molar-refractivity contribution in [2.45, 2.75) is 13.3 Å². The summed E-state index contributed by atoms with van der Waals surface area (Å²) in [6.45, 7) is 2.29. The average molecular weight is 339 g/mol. The number of carbonyl (C=O) groups is 1. The number of hydrogen-bond donors (Lipinski definition) is 0. The molecule has 0 radical (unpaired) electrons. The van der Waals surface area contributed by atoms with Gasteiger partial charge >= 0.3 is 0 Å². The van der Waals surface area contributed by atoms with Crippen LogP contribution in [0.1, 0.15) is 12.0 Å². The zero-order chi connectivity index (χ0) is 15.9. The SMILES string of the molecule is Cc1ccc2ncccc2c1N1CC(CS(=O)(=O)Cl)CC1=O. The fraction of sp³-hybridized carbons (Fsp3) is 0.333. The molecule has 7 heteroatoms. The van der Waals surface area contributed by atoms with Crippen LogP contribution in [-0.4, -0.2) is 31.6 Å². The minimum Gasteiger partial charge on any atom is -0.311 e. The fourth-order valence-corrected chi connectivity index (χ4v) is 4.32. The molecular weight excluding hydrogens is 324 g/mol. The molecule has 0 spiro atoms. The number of aromatic nitrogens is 1. The highest BCUT2D eigenvalue weighted by molar-refractivity contribution is 8.13. The smallest absolute Gasteiger partial charge is 0.232 e. The lowest BCUT2D eigenvalue weighted by atomic mass is 10.1. The van der Waals surface area contributed by atoms with Gasteiger partial charge < -0.3 is 4.90 Å². The van der Waals surface area contributed by atoms with Gasteiger partial charge in [0.2, 0.25) is 15.0 Å². The van der Waals surface area contributed by atoms with E-state index in [1.165, 1.54) is 0 Å². The molecule has 1 amide bonds. The summed E-state index contributed by atoms with van der Waals surface area (Å²) in [5.41, 5.74) is 2.58. The highest BCUT2D eigenvalue weighted by Gasteiger charge is 2.34. The second-order valence-electron chi connectivity index (χ2n) is 5.58. The van der Waals surface area contributed by atoms with E-state index in [1.807, 2.05) is 31.2 Å². The molecule has 1 aromatic carbocycles. The Bertz CT molecular complexity index is 851. The van der Waals surface area contributed by atoms with Gasteiger partial charge in [0, 0.05) is 41.1 Å². The second kappa shape index (κ2) is 5.52. The number of pyridine rings is 1. The van der Waals surface area contributed by atoms with Crippen molar-refractivity contribution in [1.82, 2.24) is 4.98 Å². The molecule has 1 atom stereocenters. The maximum absolute atomic E-state index is 12.3. The Hall–Kier alpha value is -1.66. The highest BCUT2D eigenvalue weighted by atomic mass is 35.7. The number of amides is 1. The summed E-state index contributed by atoms with van der Waals surface area (Å²) < 4.78 is 22.5. The lowest BCUT2D eigenvalue weighted by Crippen LogP contribution is -2.26. The summed E-state index contributed by atoms with van der Waals surface area (Å²) in [5, 5.41) is 0.894. The Balaban J connectivity index is 2.01. The summed E-state index contributed by atoms with van der Waals surface area (Å²) in [7, 11) is 1.71. The van der Waals surface area contributed by atoms with Crippen LogP contribution in [-0.2, 0) is 13.8 Å². The van der Waals surface area contributed by atoms with Crippen LogP contribution in [0.4, 0.5) is 5.69 Å². The van der Waals surface area contributed by atoms with E-state index in [-0.39, 0.29) is 24.0 Å². The van der Waals surface area contributed by atoms with Crippen LogP contribution in [0.5, 0.6) is 0 Å². The van der Waals surface area contributed by atoms with E-state index in [0.29, 0.717) is 6.54 Å². The first kappa shape index (κ1) is 15.2. The number of rotatable bonds is 3. The molecule has 1 fully saturated rings. The van der Waals surface area contributed by atoms with Crippen LogP contribution in [0.15, 0.2) is 30.5 Å². The van der Waals surface area contributed by atoms with Crippen molar-refractivity contribution < 1.29 is 13.2 Å². The van der Waals surface area contributed by atoms with Gasteiger partial charge in [0.25, 0.3) is 0 Å². The van der Waals surface area contributed by atoms with Gasteiger partial charge in [0.1, 0.15) is 0 Å². The van der Waals surface area contributed by atoms with Crippen LogP contribution in [0.25, 0.3) is 10.9 Å². The molecule has 3 rings (SSSR count). The maximum atomic E-state index is 12.3. The van der Waals surface area contributed by atoms with Crippen molar-refractivity contribution in [2.75, 3.05) is 17.2 Å². The van der Waals surface area contributed by atoms with Crippen molar-refractivity contribution in [3.8, 4) is 0 Å². The number of fused-ring (bicyclic) bond motifs is 1. The van der Waals surface area contributed by atoms with Gasteiger partial charge in [-0.15, -0.1) is 0 Å². The van der Waals surface area contributed by atoms with Gasteiger partial charge in [-0.3, -0.25) is 9.78 Å². The van der Waals surface area contributed by atoms with Gasteiger partial charge in [0.05, 0.1) is 17.0 Å². The Labute approximate surface area is 133 Å². The molecule has 1 saturated heterocycles. The minimum absolute atomic E-state index is 0.0789. The summed E-state index contributed by atoms with van der Waals surface area (Å²) >= 11 is 0. The van der Waals surface area contributed by atoms with Gasteiger partial charge in [0.15, 0.2) is 0 Å². The molecule has 2 heterocycles. The summed E-state index contributed by atoms with van der Waals surface area (Å²) in [6.07, 6.45) is 1.90. The van der Waals surface area contributed by atoms with E-state index in [9.17, 15) is 13.2 Å². The third-order valence-corrected chi connectivity index (χ3v) is 5.12. The first-order valence-corrected chi connectivity index (χ1v) is 9.40. The van der Waals surface area contributed by atoms with Crippen LogP contribution in [0.2, 0.25) is 0 Å². The standard InChI is InChI=1S/C15H15ClN2O3S/c1-10-4-5-13-12(3-2-6-17-13)15(10)18-8-11(7-14(18)19)9-22(16,20)21/h2-6,11H,7-9H2,1H3. The third-order valence-electron chi connectivity index (χ3n) is 3.87. The maximum Gasteiger partial charge on any atom is 0.232 e.